The van der Waals surface area contributed by atoms with E-state index in [0.717, 1.165) is 27.7 Å². The molecular formula is C19H22FN3S2. The lowest BCUT2D eigenvalue weighted by molar-refractivity contribution is 0.622. The van der Waals surface area contributed by atoms with E-state index in [9.17, 15) is 4.39 Å². The fourth-order valence-corrected chi connectivity index (χ4v) is 4.60. The van der Waals surface area contributed by atoms with Crippen molar-refractivity contribution < 1.29 is 4.39 Å². The number of hydrogen-bond acceptors (Lipinski definition) is 5. The maximum atomic E-state index is 13.0. The third-order valence-corrected chi connectivity index (χ3v) is 5.89. The minimum atomic E-state index is -0.203. The highest BCUT2D eigenvalue weighted by molar-refractivity contribution is 7.21. The smallest absolute Gasteiger partial charge is 0.152 e. The van der Waals surface area contributed by atoms with Crippen LogP contribution in [0.5, 0.6) is 0 Å². The summed E-state index contributed by atoms with van der Waals surface area (Å²) >= 11 is 3.43. The van der Waals surface area contributed by atoms with Crippen molar-refractivity contribution in [3.05, 3.63) is 57.3 Å². The van der Waals surface area contributed by atoms with E-state index in [2.05, 4.69) is 31.1 Å². The summed E-state index contributed by atoms with van der Waals surface area (Å²) in [6.45, 7) is 7.92. The Morgan fingerprint density at radius 2 is 1.84 bits per heavy atom. The van der Waals surface area contributed by atoms with Crippen LogP contribution >= 0.6 is 22.7 Å². The third-order valence-electron chi connectivity index (χ3n) is 3.71. The SMILES string of the molecule is Cc1cnc(-c2nc(CNCc3ccc(F)cc3)c(CC(C)C)s2)s1. The minimum absolute atomic E-state index is 0.203. The molecule has 0 aliphatic rings. The summed E-state index contributed by atoms with van der Waals surface area (Å²) in [5.74, 6) is 0.382. The summed E-state index contributed by atoms with van der Waals surface area (Å²) < 4.78 is 13.0. The first kappa shape index (κ1) is 18.2. The second-order valence-electron chi connectivity index (χ2n) is 6.49. The van der Waals surface area contributed by atoms with Gasteiger partial charge >= 0.3 is 0 Å². The first-order valence-electron chi connectivity index (χ1n) is 8.38. The Morgan fingerprint density at radius 3 is 2.48 bits per heavy atom. The van der Waals surface area contributed by atoms with Crippen LogP contribution in [0, 0.1) is 18.7 Å². The molecule has 0 radical (unpaired) electrons. The summed E-state index contributed by atoms with van der Waals surface area (Å²) in [7, 11) is 0. The number of aromatic nitrogens is 2. The van der Waals surface area contributed by atoms with E-state index in [1.807, 2.05) is 18.3 Å². The lowest BCUT2D eigenvalue weighted by Crippen LogP contribution is -2.14. The molecule has 0 amide bonds. The Bertz CT molecular complexity index is 822. The van der Waals surface area contributed by atoms with Crippen molar-refractivity contribution in [3.63, 3.8) is 0 Å². The van der Waals surface area contributed by atoms with Crippen LogP contribution in [0.4, 0.5) is 4.39 Å². The van der Waals surface area contributed by atoms with Gasteiger partial charge in [-0.3, -0.25) is 0 Å². The van der Waals surface area contributed by atoms with Crippen LogP contribution in [-0.2, 0) is 19.5 Å². The second-order valence-corrected chi connectivity index (χ2v) is 8.81. The Hall–Kier alpha value is -1.63. The number of thiazole rings is 2. The number of benzene rings is 1. The molecule has 0 aliphatic heterocycles. The summed E-state index contributed by atoms with van der Waals surface area (Å²) in [5, 5.41) is 5.43. The fraction of sp³-hybridized carbons (Fsp3) is 0.368. The molecule has 0 saturated heterocycles. The van der Waals surface area contributed by atoms with Gasteiger partial charge in [-0.15, -0.1) is 22.7 Å². The van der Waals surface area contributed by atoms with E-state index in [1.165, 1.54) is 21.9 Å². The maximum absolute atomic E-state index is 13.0. The van der Waals surface area contributed by atoms with Crippen molar-refractivity contribution in [3.8, 4) is 10.0 Å². The van der Waals surface area contributed by atoms with Gasteiger partial charge in [0, 0.05) is 29.0 Å². The second kappa shape index (κ2) is 8.17. The van der Waals surface area contributed by atoms with Crippen LogP contribution in [0.3, 0.4) is 0 Å². The standard InChI is InChI=1S/C19H22FN3S2/c1-12(2)8-17-16(11-21-10-14-4-6-15(20)7-5-14)23-19(25-17)18-22-9-13(3)24-18/h4-7,9,12,21H,8,10-11H2,1-3H3. The normalized spacial score (nSPS) is 11.4. The van der Waals surface area contributed by atoms with Crippen LogP contribution < -0.4 is 5.32 Å². The van der Waals surface area contributed by atoms with Crippen molar-refractivity contribution in [2.45, 2.75) is 40.3 Å². The number of rotatable bonds is 7. The highest BCUT2D eigenvalue weighted by Gasteiger charge is 2.15. The molecule has 0 spiro atoms. The highest BCUT2D eigenvalue weighted by Crippen LogP contribution is 2.32. The minimum Gasteiger partial charge on any atom is -0.307 e. The molecule has 0 fully saturated rings. The third kappa shape index (κ3) is 4.93. The Morgan fingerprint density at radius 1 is 1.08 bits per heavy atom. The van der Waals surface area contributed by atoms with Crippen LogP contribution in [0.15, 0.2) is 30.5 Å². The fourth-order valence-electron chi connectivity index (χ4n) is 2.52. The van der Waals surface area contributed by atoms with Crippen LogP contribution in [0.1, 0.15) is 34.9 Å². The van der Waals surface area contributed by atoms with E-state index in [4.69, 9.17) is 4.98 Å². The van der Waals surface area contributed by atoms with Gasteiger partial charge < -0.3 is 5.32 Å². The zero-order valence-electron chi connectivity index (χ0n) is 14.7. The molecule has 1 aromatic carbocycles. The molecular weight excluding hydrogens is 353 g/mol. The molecule has 0 atom stereocenters. The zero-order chi connectivity index (χ0) is 17.8. The molecule has 3 aromatic rings. The highest BCUT2D eigenvalue weighted by atomic mass is 32.1. The Kier molecular flexibility index (Phi) is 5.93. The molecule has 132 valence electrons. The van der Waals surface area contributed by atoms with Gasteiger partial charge in [0.15, 0.2) is 10.0 Å². The predicted molar refractivity (Wildman–Crippen MR) is 103 cm³/mol. The van der Waals surface area contributed by atoms with E-state index in [1.54, 1.807) is 22.7 Å². The molecule has 0 aliphatic carbocycles. The molecule has 25 heavy (non-hydrogen) atoms. The summed E-state index contributed by atoms with van der Waals surface area (Å²) in [6, 6.07) is 6.60. The molecule has 6 heteroatoms. The van der Waals surface area contributed by atoms with E-state index < -0.39 is 0 Å². The van der Waals surface area contributed by atoms with Gasteiger partial charge in [0.1, 0.15) is 5.82 Å². The van der Waals surface area contributed by atoms with Crippen LogP contribution in [-0.4, -0.2) is 9.97 Å². The van der Waals surface area contributed by atoms with Crippen LogP contribution in [0.25, 0.3) is 10.0 Å². The maximum Gasteiger partial charge on any atom is 0.152 e. The average molecular weight is 376 g/mol. The van der Waals surface area contributed by atoms with Crippen LogP contribution in [0.2, 0.25) is 0 Å². The zero-order valence-corrected chi connectivity index (χ0v) is 16.3. The van der Waals surface area contributed by atoms with Gasteiger partial charge in [-0.2, -0.15) is 0 Å². The number of aryl methyl sites for hydroxylation is 1. The molecule has 2 heterocycles. The number of halogens is 1. The van der Waals surface area contributed by atoms with Crippen molar-refractivity contribution in [1.29, 1.82) is 0 Å². The van der Waals surface area contributed by atoms with Gasteiger partial charge in [-0.1, -0.05) is 26.0 Å². The first-order chi connectivity index (χ1) is 12.0. The lowest BCUT2D eigenvalue weighted by atomic mass is 10.1. The first-order valence-corrected chi connectivity index (χ1v) is 10.0. The largest absolute Gasteiger partial charge is 0.307 e. The van der Waals surface area contributed by atoms with Crippen molar-refractivity contribution >= 4 is 22.7 Å². The number of hydrogen-bond donors (Lipinski definition) is 1. The van der Waals surface area contributed by atoms with E-state index in [0.29, 0.717) is 19.0 Å². The van der Waals surface area contributed by atoms with Gasteiger partial charge in [0.2, 0.25) is 0 Å². The summed E-state index contributed by atoms with van der Waals surface area (Å²) in [5.41, 5.74) is 2.17. The van der Waals surface area contributed by atoms with Crippen molar-refractivity contribution in [1.82, 2.24) is 15.3 Å². The summed E-state index contributed by atoms with van der Waals surface area (Å²) in [6.07, 6.45) is 2.92. The molecule has 3 nitrogen and oxygen atoms in total. The average Bonchev–Trinajstić information content (AvgIpc) is 3.16. The molecule has 2 aromatic heterocycles. The lowest BCUT2D eigenvalue weighted by Gasteiger charge is -2.07. The number of nitrogens with zero attached hydrogens (tertiary/aromatic N) is 2. The van der Waals surface area contributed by atoms with Gasteiger partial charge in [0.25, 0.3) is 0 Å². The molecule has 0 bridgehead atoms. The quantitative estimate of drug-likeness (QED) is 0.616. The Labute approximate surface area is 156 Å². The Balaban J connectivity index is 1.72. The van der Waals surface area contributed by atoms with Crippen molar-refractivity contribution in [2.24, 2.45) is 5.92 Å². The van der Waals surface area contributed by atoms with E-state index >= 15 is 0 Å². The summed E-state index contributed by atoms with van der Waals surface area (Å²) in [4.78, 5) is 11.8. The van der Waals surface area contributed by atoms with Crippen molar-refractivity contribution in [2.75, 3.05) is 0 Å². The molecule has 3 rings (SSSR count). The monoisotopic (exact) mass is 375 g/mol. The topological polar surface area (TPSA) is 37.8 Å². The molecule has 0 saturated carbocycles. The van der Waals surface area contributed by atoms with Gasteiger partial charge in [-0.25, -0.2) is 14.4 Å². The van der Waals surface area contributed by atoms with Gasteiger partial charge in [-0.05, 0) is 37.0 Å². The number of nitrogens with one attached hydrogen (secondary N) is 1. The van der Waals surface area contributed by atoms with Gasteiger partial charge in [0.05, 0.1) is 5.69 Å². The molecule has 1 N–H and O–H groups in total. The predicted octanol–water partition coefficient (Wildman–Crippen LogP) is 5.20. The molecule has 0 unspecified atom stereocenters. The van der Waals surface area contributed by atoms with E-state index in [-0.39, 0.29) is 5.82 Å².